The third-order valence-corrected chi connectivity index (χ3v) is 5.63. The lowest BCUT2D eigenvalue weighted by Crippen LogP contribution is -2.27. The van der Waals surface area contributed by atoms with Gasteiger partial charge in [-0.25, -0.2) is 0 Å². The Bertz CT molecular complexity index is 1080. The number of rotatable bonds is 3. The standard InChI is InChI=1S/C22H16ClIN2O2/c23-18-4-2-1-3-14(18)11-20-22(28)26-19-10-7-15(24)12-17(19)21(25-20)13-5-8-16(27)9-6-13/h1-10,12,20,27H,11H2,(H,26,28). The lowest BCUT2D eigenvalue weighted by Gasteiger charge is -2.12. The maximum atomic E-state index is 12.9. The van der Waals surface area contributed by atoms with Crippen molar-refractivity contribution in [2.45, 2.75) is 12.5 Å². The van der Waals surface area contributed by atoms with Crippen LogP contribution in [0.5, 0.6) is 5.75 Å². The number of nitrogens with one attached hydrogen (secondary N) is 1. The van der Waals surface area contributed by atoms with Gasteiger partial charge in [0, 0.05) is 26.1 Å². The Morgan fingerprint density at radius 1 is 1.07 bits per heavy atom. The van der Waals surface area contributed by atoms with Gasteiger partial charge in [0.15, 0.2) is 0 Å². The quantitative estimate of drug-likeness (QED) is 0.492. The van der Waals surface area contributed by atoms with Crippen molar-refractivity contribution in [3.05, 3.63) is 92.0 Å². The number of halogens is 2. The first-order valence-corrected chi connectivity index (χ1v) is 10.2. The molecule has 1 atom stereocenters. The number of fused-ring (bicyclic) bond motifs is 1. The fraction of sp³-hybridized carbons (Fsp3) is 0.0909. The molecule has 1 aliphatic heterocycles. The van der Waals surface area contributed by atoms with Crippen LogP contribution in [0, 0.1) is 3.57 Å². The molecule has 0 bridgehead atoms. The van der Waals surface area contributed by atoms with E-state index in [-0.39, 0.29) is 11.7 Å². The van der Waals surface area contributed by atoms with E-state index in [1.165, 1.54) is 0 Å². The minimum atomic E-state index is -0.617. The monoisotopic (exact) mass is 502 g/mol. The van der Waals surface area contributed by atoms with Crippen LogP contribution in [0.3, 0.4) is 0 Å². The molecule has 1 unspecified atom stereocenters. The Labute approximate surface area is 181 Å². The average molecular weight is 503 g/mol. The van der Waals surface area contributed by atoms with Gasteiger partial charge in [-0.15, -0.1) is 0 Å². The van der Waals surface area contributed by atoms with Crippen LogP contribution in [0.25, 0.3) is 0 Å². The van der Waals surface area contributed by atoms with Crippen molar-refractivity contribution in [1.82, 2.24) is 0 Å². The van der Waals surface area contributed by atoms with Crippen molar-refractivity contribution in [3.63, 3.8) is 0 Å². The van der Waals surface area contributed by atoms with Gasteiger partial charge in [-0.3, -0.25) is 9.79 Å². The number of aromatic hydroxyl groups is 1. The SMILES string of the molecule is O=C1Nc2ccc(I)cc2C(c2ccc(O)cc2)=NC1Cc1ccccc1Cl. The van der Waals surface area contributed by atoms with Crippen molar-refractivity contribution in [2.75, 3.05) is 5.32 Å². The molecule has 0 saturated carbocycles. The second-order valence-electron chi connectivity index (χ2n) is 6.52. The first-order chi connectivity index (χ1) is 13.5. The van der Waals surface area contributed by atoms with E-state index in [2.05, 4.69) is 27.9 Å². The van der Waals surface area contributed by atoms with E-state index >= 15 is 0 Å². The van der Waals surface area contributed by atoms with Crippen LogP contribution in [-0.2, 0) is 11.2 Å². The summed E-state index contributed by atoms with van der Waals surface area (Å²) in [5.74, 6) is 0.0128. The van der Waals surface area contributed by atoms with Crippen LogP contribution in [0.2, 0.25) is 5.02 Å². The molecule has 1 aliphatic rings. The number of benzodiazepines with no additional fused rings is 1. The maximum absolute atomic E-state index is 12.9. The molecule has 0 aromatic heterocycles. The van der Waals surface area contributed by atoms with E-state index in [0.717, 1.165) is 25.9 Å². The summed E-state index contributed by atoms with van der Waals surface area (Å²) in [4.78, 5) is 17.7. The number of phenols is 1. The Hall–Kier alpha value is -2.38. The molecule has 4 rings (SSSR count). The number of benzene rings is 3. The lowest BCUT2D eigenvalue weighted by atomic mass is 10.00. The van der Waals surface area contributed by atoms with Crippen LogP contribution >= 0.6 is 34.2 Å². The summed E-state index contributed by atoms with van der Waals surface area (Å²) in [7, 11) is 0. The Morgan fingerprint density at radius 3 is 2.57 bits per heavy atom. The third-order valence-electron chi connectivity index (χ3n) is 4.59. The molecule has 3 aromatic rings. The van der Waals surface area contributed by atoms with Crippen LogP contribution in [0.4, 0.5) is 5.69 Å². The zero-order valence-electron chi connectivity index (χ0n) is 14.7. The smallest absolute Gasteiger partial charge is 0.249 e. The summed E-state index contributed by atoms with van der Waals surface area (Å²) >= 11 is 8.55. The second kappa shape index (κ2) is 7.93. The lowest BCUT2D eigenvalue weighted by molar-refractivity contribution is -0.117. The van der Waals surface area contributed by atoms with Gasteiger partial charge in [0.05, 0.1) is 11.4 Å². The highest BCUT2D eigenvalue weighted by Gasteiger charge is 2.26. The highest BCUT2D eigenvalue weighted by molar-refractivity contribution is 14.1. The number of phenolic OH excluding ortho intramolecular Hbond substituents is 1. The zero-order valence-corrected chi connectivity index (χ0v) is 17.6. The normalized spacial score (nSPS) is 16.0. The fourth-order valence-corrected chi connectivity index (χ4v) is 3.89. The van der Waals surface area contributed by atoms with Crippen LogP contribution in [0.1, 0.15) is 16.7 Å². The first-order valence-electron chi connectivity index (χ1n) is 8.72. The van der Waals surface area contributed by atoms with E-state index in [0.29, 0.717) is 17.2 Å². The van der Waals surface area contributed by atoms with Gasteiger partial charge in [-0.1, -0.05) is 29.8 Å². The molecule has 4 nitrogen and oxygen atoms in total. The van der Waals surface area contributed by atoms with Gasteiger partial charge in [0.25, 0.3) is 0 Å². The summed E-state index contributed by atoms with van der Waals surface area (Å²) in [6.07, 6.45) is 0.401. The van der Waals surface area contributed by atoms with E-state index < -0.39 is 6.04 Å². The number of hydrogen-bond acceptors (Lipinski definition) is 3. The number of aliphatic imine (C=N–C) groups is 1. The Balaban J connectivity index is 1.84. The molecule has 0 saturated heterocycles. The van der Waals surface area contributed by atoms with Gasteiger partial charge < -0.3 is 10.4 Å². The summed E-state index contributed by atoms with van der Waals surface area (Å²) in [5, 5.41) is 13.3. The van der Waals surface area contributed by atoms with Crippen molar-refractivity contribution in [3.8, 4) is 5.75 Å². The van der Waals surface area contributed by atoms with Crippen LogP contribution < -0.4 is 5.32 Å². The number of nitrogens with zero attached hydrogens (tertiary/aromatic N) is 1. The van der Waals surface area contributed by atoms with Crippen molar-refractivity contribution < 1.29 is 9.90 Å². The molecule has 6 heteroatoms. The van der Waals surface area contributed by atoms with E-state index in [1.54, 1.807) is 24.3 Å². The van der Waals surface area contributed by atoms with Crippen molar-refractivity contribution >= 4 is 51.5 Å². The highest BCUT2D eigenvalue weighted by atomic mass is 127. The van der Waals surface area contributed by atoms with Gasteiger partial charge in [0.2, 0.25) is 5.91 Å². The summed E-state index contributed by atoms with van der Waals surface area (Å²) < 4.78 is 1.04. The van der Waals surface area contributed by atoms with Gasteiger partial charge in [0.1, 0.15) is 11.8 Å². The predicted molar refractivity (Wildman–Crippen MR) is 120 cm³/mol. The summed E-state index contributed by atoms with van der Waals surface area (Å²) in [5.41, 5.74) is 4.00. The van der Waals surface area contributed by atoms with Crippen LogP contribution in [-0.4, -0.2) is 22.8 Å². The number of carbonyl (C=O) groups is 1. The summed E-state index contributed by atoms with van der Waals surface area (Å²) in [6.45, 7) is 0. The first kappa shape index (κ1) is 19.0. The van der Waals surface area contributed by atoms with E-state index in [4.69, 9.17) is 16.6 Å². The molecule has 3 aromatic carbocycles. The molecule has 2 N–H and O–H groups in total. The topological polar surface area (TPSA) is 61.7 Å². The number of amides is 1. The maximum Gasteiger partial charge on any atom is 0.249 e. The number of anilines is 1. The van der Waals surface area contributed by atoms with E-state index in [1.807, 2.05) is 42.5 Å². The largest absolute Gasteiger partial charge is 0.508 e. The zero-order chi connectivity index (χ0) is 19.7. The minimum absolute atomic E-state index is 0.170. The average Bonchev–Trinajstić information content (AvgIpc) is 2.81. The number of hydrogen-bond donors (Lipinski definition) is 2. The molecular formula is C22H16ClIN2O2. The molecule has 140 valence electrons. The van der Waals surface area contributed by atoms with Gasteiger partial charge in [-0.05, 0) is 76.7 Å². The van der Waals surface area contributed by atoms with Gasteiger partial charge in [-0.2, -0.15) is 0 Å². The van der Waals surface area contributed by atoms with Crippen molar-refractivity contribution in [1.29, 1.82) is 0 Å². The highest BCUT2D eigenvalue weighted by Crippen LogP contribution is 2.28. The molecule has 0 radical (unpaired) electrons. The van der Waals surface area contributed by atoms with E-state index in [9.17, 15) is 9.90 Å². The molecular weight excluding hydrogens is 487 g/mol. The third kappa shape index (κ3) is 3.91. The van der Waals surface area contributed by atoms with Gasteiger partial charge >= 0.3 is 0 Å². The molecule has 1 amide bonds. The van der Waals surface area contributed by atoms with Crippen LogP contribution in [0.15, 0.2) is 71.7 Å². The molecule has 1 heterocycles. The predicted octanol–water partition coefficient (Wildman–Crippen LogP) is 5.05. The molecule has 28 heavy (non-hydrogen) atoms. The number of carbonyl (C=O) groups excluding carboxylic acids is 1. The molecule has 0 aliphatic carbocycles. The second-order valence-corrected chi connectivity index (χ2v) is 8.17. The summed E-state index contributed by atoms with van der Waals surface area (Å²) in [6, 6.07) is 19.6. The van der Waals surface area contributed by atoms with Crippen molar-refractivity contribution in [2.24, 2.45) is 4.99 Å². The fourth-order valence-electron chi connectivity index (χ4n) is 3.18. The Morgan fingerprint density at radius 2 is 1.82 bits per heavy atom. The minimum Gasteiger partial charge on any atom is -0.508 e. The molecule has 0 spiro atoms. The Kier molecular flexibility index (Phi) is 5.37. The molecule has 0 fully saturated rings.